The van der Waals surface area contributed by atoms with Crippen molar-refractivity contribution in [1.82, 2.24) is 14.9 Å². The van der Waals surface area contributed by atoms with Gasteiger partial charge in [-0.25, -0.2) is 13.1 Å². The topological polar surface area (TPSA) is 113 Å². The van der Waals surface area contributed by atoms with Gasteiger partial charge in [0.25, 0.3) is 10.0 Å². The molecule has 0 bridgehead atoms. The van der Waals surface area contributed by atoms with Crippen molar-refractivity contribution >= 4 is 52.0 Å². The molecule has 42 heavy (non-hydrogen) atoms. The Balaban J connectivity index is 1.73. The maximum Gasteiger partial charge on any atom is 0.264 e. The Labute approximate surface area is 258 Å². The maximum absolute atomic E-state index is 12.9. The number of amides is 3. The summed E-state index contributed by atoms with van der Waals surface area (Å²) in [5.41, 5.74) is 2.62. The van der Waals surface area contributed by atoms with Crippen LogP contribution in [0.15, 0.2) is 77.7 Å². The summed E-state index contributed by atoms with van der Waals surface area (Å²) in [4.78, 5) is 38.8. The predicted octanol–water partition coefficient (Wildman–Crippen LogP) is 4.87. The molecular weight excluding hydrogens is 594 g/mol. The van der Waals surface area contributed by atoms with Crippen LogP contribution in [-0.4, -0.2) is 49.9 Å². The van der Waals surface area contributed by atoms with Crippen LogP contribution < -0.4 is 10.0 Å². The fraction of sp³-hybridized carbons (Fsp3) is 0.323. The summed E-state index contributed by atoms with van der Waals surface area (Å²) >= 11 is 11.0. The first-order valence-electron chi connectivity index (χ1n) is 13.7. The predicted molar refractivity (Wildman–Crippen MR) is 169 cm³/mol. The van der Waals surface area contributed by atoms with Crippen molar-refractivity contribution in [1.29, 1.82) is 0 Å². The molecule has 0 aliphatic rings. The lowest BCUT2D eigenvalue weighted by atomic mass is 10.0. The summed E-state index contributed by atoms with van der Waals surface area (Å²) in [5, 5.41) is 3.25. The van der Waals surface area contributed by atoms with E-state index in [4.69, 9.17) is 11.6 Å². The molecule has 2 N–H and O–H groups in total. The average Bonchev–Trinajstić information content (AvgIpc) is 2.95. The molecule has 0 aromatic heterocycles. The third-order valence-corrected chi connectivity index (χ3v) is 8.81. The zero-order chi connectivity index (χ0) is 30.7. The van der Waals surface area contributed by atoms with Crippen LogP contribution in [0.4, 0.5) is 0 Å². The number of hydrogen-bond acceptors (Lipinski definition) is 6. The Hall–Kier alpha value is -3.34. The lowest BCUT2D eigenvalue weighted by Crippen LogP contribution is -2.40. The third-order valence-electron chi connectivity index (χ3n) is 6.57. The van der Waals surface area contributed by atoms with Crippen molar-refractivity contribution in [2.45, 2.75) is 44.6 Å². The van der Waals surface area contributed by atoms with Crippen LogP contribution in [0.3, 0.4) is 0 Å². The standard InChI is InChI=1S/C31H36ClN3O5S2/c1-3-9-30(37)35(17-16-33-31(38)25(21-41)18-23-10-5-4-6-11-23)20-24-14-15-26(28(32)19-24)27-12-7-8-13-29(27)42(39,40)34-22(2)36/h4-8,10-15,19,25,41H,3,9,16-18,20-21H2,1-2H3,(H,33,38)(H,34,36)/t25-/m1/s1. The Bertz CT molecular complexity index is 1500. The zero-order valence-electron chi connectivity index (χ0n) is 23.7. The van der Waals surface area contributed by atoms with Crippen LogP contribution in [0.1, 0.15) is 37.8 Å². The summed E-state index contributed by atoms with van der Waals surface area (Å²) < 4.78 is 27.5. The van der Waals surface area contributed by atoms with Crippen molar-refractivity contribution in [3.05, 3.63) is 88.9 Å². The van der Waals surface area contributed by atoms with Gasteiger partial charge in [-0.3, -0.25) is 14.4 Å². The largest absolute Gasteiger partial charge is 0.354 e. The normalized spacial score (nSPS) is 11.9. The smallest absolute Gasteiger partial charge is 0.264 e. The monoisotopic (exact) mass is 629 g/mol. The SMILES string of the molecule is CCCC(=O)N(CCNC(=O)[C@@H](CS)Cc1ccccc1)Cc1ccc(-c2ccccc2S(=O)(=O)NC(C)=O)c(Cl)c1. The summed E-state index contributed by atoms with van der Waals surface area (Å²) in [6, 6.07) is 21.2. The van der Waals surface area contributed by atoms with Gasteiger partial charge < -0.3 is 10.2 Å². The van der Waals surface area contributed by atoms with E-state index in [9.17, 15) is 22.8 Å². The maximum atomic E-state index is 12.9. The third kappa shape index (κ3) is 9.34. The van der Waals surface area contributed by atoms with Gasteiger partial charge in [-0.1, -0.05) is 79.2 Å². The van der Waals surface area contributed by atoms with Gasteiger partial charge >= 0.3 is 0 Å². The minimum Gasteiger partial charge on any atom is -0.354 e. The van der Waals surface area contributed by atoms with Crippen LogP contribution in [0.25, 0.3) is 11.1 Å². The second kappa shape index (κ2) is 15.8. The van der Waals surface area contributed by atoms with Crippen molar-refractivity contribution in [3.63, 3.8) is 0 Å². The van der Waals surface area contributed by atoms with Crippen LogP contribution in [-0.2, 0) is 37.4 Å². The first-order chi connectivity index (χ1) is 20.1. The number of hydrogen-bond donors (Lipinski definition) is 3. The van der Waals surface area contributed by atoms with Crippen molar-refractivity contribution in [2.24, 2.45) is 5.92 Å². The summed E-state index contributed by atoms with van der Waals surface area (Å²) in [6.45, 7) is 3.92. The molecule has 0 saturated carbocycles. The molecular formula is C31H36ClN3O5S2. The summed E-state index contributed by atoms with van der Waals surface area (Å²) in [7, 11) is -4.10. The quantitative estimate of drug-likeness (QED) is 0.220. The van der Waals surface area contributed by atoms with E-state index in [1.54, 1.807) is 41.3 Å². The molecule has 0 heterocycles. The van der Waals surface area contributed by atoms with E-state index >= 15 is 0 Å². The van der Waals surface area contributed by atoms with Gasteiger partial charge in [0.05, 0.1) is 10.8 Å². The number of sulfonamides is 1. The second-order valence-corrected chi connectivity index (χ2v) is 12.3. The molecule has 3 rings (SSSR count). The van der Waals surface area contributed by atoms with E-state index in [0.717, 1.165) is 18.1 Å². The highest BCUT2D eigenvalue weighted by molar-refractivity contribution is 7.90. The average molecular weight is 630 g/mol. The molecule has 3 aromatic carbocycles. The van der Waals surface area contributed by atoms with Crippen LogP contribution in [0.5, 0.6) is 0 Å². The van der Waals surface area contributed by atoms with Gasteiger partial charge in [-0.05, 0) is 36.1 Å². The Morgan fingerprint density at radius 2 is 1.64 bits per heavy atom. The zero-order valence-corrected chi connectivity index (χ0v) is 26.1. The Morgan fingerprint density at radius 3 is 2.29 bits per heavy atom. The molecule has 0 fully saturated rings. The molecule has 11 heteroatoms. The molecule has 0 spiro atoms. The highest BCUT2D eigenvalue weighted by Gasteiger charge is 2.22. The molecule has 224 valence electrons. The summed E-state index contributed by atoms with van der Waals surface area (Å²) in [6.07, 6.45) is 1.62. The van der Waals surface area contributed by atoms with Crippen molar-refractivity contribution in [3.8, 4) is 11.1 Å². The van der Waals surface area contributed by atoms with Crippen LogP contribution in [0, 0.1) is 5.92 Å². The number of nitrogens with one attached hydrogen (secondary N) is 2. The highest BCUT2D eigenvalue weighted by atomic mass is 35.5. The van der Waals surface area contributed by atoms with E-state index in [0.29, 0.717) is 47.7 Å². The molecule has 0 aliphatic carbocycles. The number of rotatable bonds is 14. The minimum atomic E-state index is -4.10. The van der Waals surface area contributed by atoms with Crippen molar-refractivity contribution < 1.29 is 22.8 Å². The van der Waals surface area contributed by atoms with Crippen LogP contribution in [0.2, 0.25) is 5.02 Å². The number of halogens is 1. The number of carbonyl (C=O) groups excluding carboxylic acids is 3. The Morgan fingerprint density at radius 1 is 0.952 bits per heavy atom. The van der Waals surface area contributed by atoms with Gasteiger partial charge in [-0.15, -0.1) is 0 Å². The molecule has 0 saturated heterocycles. The molecule has 0 radical (unpaired) electrons. The van der Waals surface area contributed by atoms with E-state index in [2.05, 4.69) is 17.9 Å². The molecule has 0 aliphatic heterocycles. The molecule has 8 nitrogen and oxygen atoms in total. The molecule has 1 atom stereocenters. The van der Waals surface area contributed by atoms with E-state index in [1.807, 2.05) is 42.0 Å². The fourth-order valence-corrected chi connectivity index (χ4v) is 6.34. The van der Waals surface area contributed by atoms with Crippen LogP contribution >= 0.6 is 24.2 Å². The number of thiol groups is 1. The lowest BCUT2D eigenvalue weighted by molar-refractivity contribution is -0.132. The first kappa shape index (κ1) is 33.2. The Kier molecular flexibility index (Phi) is 12.4. The van der Waals surface area contributed by atoms with Gasteiger partial charge in [0.2, 0.25) is 17.7 Å². The van der Waals surface area contributed by atoms with Gasteiger partial charge in [0, 0.05) is 54.9 Å². The highest BCUT2D eigenvalue weighted by Crippen LogP contribution is 2.33. The number of carbonyl (C=O) groups is 3. The molecule has 3 amide bonds. The molecule has 0 unspecified atom stereocenters. The minimum absolute atomic E-state index is 0.0475. The number of nitrogens with zero attached hydrogens (tertiary/aromatic N) is 1. The second-order valence-electron chi connectivity index (χ2n) is 9.90. The van der Waals surface area contributed by atoms with E-state index in [1.165, 1.54) is 6.07 Å². The lowest BCUT2D eigenvalue weighted by Gasteiger charge is -2.24. The summed E-state index contributed by atoms with van der Waals surface area (Å²) in [5.74, 6) is -0.749. The molecule has 3 aromatic rings. The first-order valence-corrected chi connectivity index (χ1v) is 16.2. The van der Waals surface area contributed by atoms with Gasteiger partial charge in [0.1, 0.15) is 0 Å². The van der Waals surface area contributed by atoms with Crippen molar-refractivity contribution in [2.75, 3.05) is 18.8 Å². The fourth-order valence-electron chi connectivity index (χ4n) is 4.52. The van der Waals surface area contributed by atoms with E-state index in [-0.39, 0.29) is 35.7 Å². The number of benzene rings is 3. The van der Waals surface area contributed by atoms with Gasteiger partial charge in [0.15, 0.2) is 0 Å². The van der Waals surface area contributed by atoms with Gasteiger partial charge in [-0.2, -0.15) is 12.6 Å². The van der Waals surface area contributed by atoms with E-state index < -0.39 is 15.9 Å².